The van der Waals surface area contributed by atoms with Gasteiger partial charge >= 0.3 is 0 Å². The van der Waals surface area contributed by atoms with Crippen molar-refractivity contribution >= 4 is 12.6 Å². The lowest BCUT2D eigenvalue weighted by molar-refractivity contribution is 0.109. The van der Waals surface area contributed by atoms with Gasteiger partial charge in [-0.05, 0) is 13.0 Å². The molecular formula is C10H10O4. The maximum absolute atomic E-state index is 10.7. The monoisotopic (exact) mass is 194 g/mol. The highest BCUT2D eigenvalue weighted by Crippen LogP contribution is 2.31. The quantitative estimate of drug-likeness (QED) is 0.737. The molecule has 74 valence electrons. The molecule has 0 radical (unpaired) electrons. The lowest BCUT2D eigenvalue weighted by atomic mass is 10.0. The molecule has 0 aliphatic carbocycles. The van der Waals surface area contributed by atoms with Gasteiger partial charge in [0.15, 0.2) is 12.6 Å². The van der Waals surface area contributed by atoms with Gasteiger partial charge in [0.1, 0.15) is 11.5 Å². The number of methoxy groups -OCH3 is 1. The zero-order valence-electron chi connectivity index (χ0n) is 7.90. The zero-order chi connectivity index (χ0) is 10.7. The maximum atomic E-state index is 10.7. The second kappa shape index (κ2) is 3.91. The van der Waals surface area contributed by atoms with Crippen molar-refractivity contribution in [2.75, 3.05) is 7.11 Å². The van der Waals surface area contributed by atoms with Gasteiger partial charge < -0.3 is 9.84 Å². The summed E-state index contributed by atoms with van der Waals surface area (Å²) in [6, 6.07) is 1.24. The summed E-state index contributed by atoms with van der Waals surface area (Å²) in [6.07, 6.45) is 1.04. The Morgan fingerprint density at radius 1 is 1.36 bits per heavy atom. The molecule has 1 aromatic rings. The molecule has 1 aromatic carbocycles. The van der Waals surface area contributed by atoms with Crippen LogP contribution in [0.2, 0.25) is 0 Å². The highest BCUT2D eigenvalue weighted by molar-refractivity contribution is 5.94. The van der Waals surface area contributed by atoms with Gasteiger partial charge in [-0.1, -0.05) is 0 Å². The number of phenols is 1. The second-order valence-corrected chi connectivity index (χ2v) is 2.79. The first-order valence-electron chi connectivity index (χ1n) is 3.96. The average molecular weight is 194 g/mol. The molecule has 14 heavy (non-hydrogen) atoms. The first-order chi connectivity index (χ1) is 6.65. The fourth-order valence-corrected chi connectivity index (χ4v) is 1.26. The van der Waals surface area contributed by atoms with Gasteiger partial charge in [0.25, 0.3) is 0 Å². The molecule has 1 N–H and O–H groups in total. The van der Waals surface area contributed by atoms with Crippen molar-refractivity contribution in [3.63, 3.8) is 0 Å². The van der Waals surface area contributed by atoms with Crippen LogP contribution < -0.4 is 4.74 Å². The summed E-state index contributed by atoms with van der Waals surface area (Å²) in [5, 5.41) is 9.41. The van der Waals surface area contributed by atoms with E-state index in [1.165, 1.54) is 13.2 Å². The van der Waals surface area contributed by atoms with Gasteiger partial charge in [-0.25, -0.2) is 0 Å². The molecule has 0 saturated heterocycles. The van der Waals surface area contributed by atoms with Crippen molar-refractivity contribution in [3.8, 4) is 11.5 Å². The predicted octanol–water partition coefficient (Wildman–Crippen LogP) is 1.33. The van der Waals surface area contributed by atoms with Crippen LogP contribution in [0, 0.1) is 6.92 Å². The molecule has 0 atom stereocenters. The highest BCUT2D eigenvalue weighted by atomic mass is 16.5. The van der Waals surface area contributed by atoms with E-state index in [1.807, 2.05) is 0 Å². The number of hydrogen-bond acceptors (Lipinski definition) is 4. The van der Waals surface area contributed by atoms with Gasteiger partial charge in [-0.3, -0.25) is 9.59 Å². The van der Waals surface area contributed by atoms with Crippen LogP contribution in [0.1, 0.15) is 26.3 Å². The molecular weight excluding hydrogens is 184 g/mol. The van der Waals surface area contributed by atoms with Gasteiger partial charge in [-0.2, -0.15) is 0 Å². The lowest BCUT2D eigenvalue weighted by Crippen LogP contribution is -1.99. The van der Waals surface area contributed by atoms with Crippen molar-refractivity contribution in [3.05, 3.63) is 22.8 Å². The summed E-state index contributed by atoms with van der Waals surface area (Å²) in [7, 11) is 1.38. The molecule has 0 aliphatic rings. The summed E-state index contributed by atoms with van der Waals surface area (Å²) >= 11 is 0. The van der Waals surface area contributed by atoms with E-state index >= 15 is 0 Å². The van der Waals surface area contributed by atoms with Gasteiger partial charge in [-0.15, -0.1) is 0 Å². The minimum atomic E-state index is -0.0606. The Morgan fingerprint density at radius 2 is 2.00 bits per heavy atom. The van der Waals surface area contributed by atoms with E-state index in [-0.39, 0.29) is 22.6 Å². The van der Waals surface area contributed by atoms with Gasteiger partial charge in [0.05, 0.1) is 12.7 Å². The number of aromatic hydroxyl groups is 1. The first kappa shape index (κ1) is 10.2. The van der Waals surface area contributed by atoms with E-state index in [1.54, 1.807) is 6.92 Å². The molecule has 0 unspecified atom stereocenters. The normalized spacial score (nSPS) is 9.57. The largest absolute Gasteiger partial charge is 0.508 e. The topological polar surface area (TPSA) is 63.6 Å². The number of carbonyl (C=O) groups excluding carboxylic acids is 2. The maximum Gasteiger partial charge on any atom is 0.154 e. The minimum absolute atomic E-state index is 0.0606. The standard InChI is InChI=1S/C10H10O4/c1-6-9(13)3-7(4-11)8(5-12)10(6)14-2/h3-5,13H,1-2H3. The van der Waals surface area contributed by atoms with Crippen molar-refractivity contribution < 1.29 is 19.4 Å². The average Bonchev–Trinajstić information content (AvgIpc) is 2.20. The number of hydrogen-bond donors (Lipinski definition) is 1. The Morgan fingerprint density at radius 3 is 2.43 bits per heavy atom. The molecule has 4 heteroatoms. The fraction of sp³-hybridized carbons (Fsp3) is 0.200. The van der Waals surface area contributed by atoms with Crippen LogP contribution in [0.5, 0.6) is 11.5 Å². The summed E-state index contributed by atoms with van der Waals surface area (Å²) < 4.78 is 4.94. The first-order valence-corrected chi connectivity index (χ1v) is 3.96. The molecule has 0 bridgehead atoms. The molecule has 0 fully saturated rings. The van der Waals surface area contributed by atoms with Crippen LogP contribution in [0.3, 0.4) is 0 Å². The van der Waals surface area contributed by atoms with E-state index in [4.69, 9.17) is 4.74 Å². The van der Waals surface area contributed by atoms with Crippen LogP contribution in [0.15, 0.2) is 6.07 Å². The van der Waals surface area contributed by atoms with Crippen molar-refractivity contribution in [2.24, 2.45) is 0 Å². The molecule has 0 saturated carbocycles. The molecule has 0 aliphatic heterocycles. The predicted molar refractivity (Wildman–Crippen MR) is 50.2 cm³/mol. The van der Waals surface area contributed by atoms with Crippen LogP contribution in [-0.2, 0) is 0 Å². The molecule has 1 rings (SSSR count). The molecule has 0 aromatic heterocycles. The molecule has 0 spiro atoms. The van der Waals surface area contributed by atoms with E-state index < -0.39 is 0 Å². The van der Waals surface area contributed by atoms with Gasteiger partial charge in [0.2, 0.25) is 0 Å². The Hall–Kier alpha value is -1.84. The smallest absolute Gasteiger partial charge is 0.154 e. The van der Waals surface area contributed by atoms with E-state index in [0.717, 1.165) is 0 Å². The fourth-order valence-electron chi connectivity index (χ4n) is 1.26. The summed E-state index contributed by atoms with van der Waals surface area (Å²) in [5.41, 5.74) is 0.734. The van der Waals surface area contributed by atoms with Crippen molar-refractivity contribution in [2.45, 2.75) is 6.92 Å². The summed E-state index contributed by atoms with van der Waals surface area (Å²) in [5.74, 6) is 0.177. The van der Waals surface area contributed by atoms with E-state index in [2.05, 4.69) is 0 Å². The number of carbonyl (C=O) groups is 2. The van der Waals surface area contributed by atoms with Crippen LogP contribution >= 0.6 is 0 Å². The Balaban J connectivity index is 3.57. The number of aldehydes is 2. The number of benzene rings is 1. The number of phenolic OH excluding ortho intramolecular Hbond substituents is 1. The van der Waals surface area contributed by atoms with E-state index in [0.29, 0.717) is 18.1 Å². The van der Waals surface area contributed by atoms with Crippen LogP contribution in [0.25, 0.3) is 0 Å². The van der Waals surface area contributed by atoms with E-state index in [9.17, 15) is 14.7 Å². The second-order valence-electron chi connectivity index (χ2n) is 2.79. The van der Waals surface area contributed by atoms with Crippen LogP contribution in [-0.4, -0.2) is 24.8 Å². The van der Waals surface area contributed by atoms with Crippen molar-refractivity contribution in [1.29, 1.82) is 0 Å². The molecule has 0 heterocycles. The molecule has 4 nitrogen and oxygen atoms in total. The molecule has 0 amide bonds. The highest BCUT2D eigenvalue weighted by Gasteiger charge is 2.14. The Kier molecular flexibility index (Phi) is 2.86. The number of rotatable bonds is 3. The summed E-state index contributed by atoms with van der Waals surface area (Å²) in [6.45, 7) is 1.61. The minimum Gasteiger partial charge on any atom is -0.508 e. The third-order valence-electron chi connectivity index (χ3n) is 2.02. The third-order valence-corrected chi connectivity index (χ3v) is 2.02. The zero-order valence-corrected chi connectivity index (χ0v) is 7.90. The SMILES string of the molecule is COc1c(C)c(O)cc(C=O)c1C=O. The third kappa shape index (κ3) is 1.46. The Labute approximate surface area is 81.1 Å². The lowest BCUT2D eigenvalue weighted by Gasteiger charge is -2.10. The summed E-state index contributed by atoms with van der Waals surface area (Å²) in [4.78, 5) is 21.3. The Bertz CT molecular complexity index is 382. The van der Waals surface area contributed by atoms with Gasteiger partial charge in [0, 0.05) is 11.1 Å². The number of ether oxygens (including phenoxy) is 1. The van der Waals surface area contributed by atoms with Crippen LogP contribution in [0.4, 0.5) is 0 Å². The van der Waals surface area contributed by atoms with Crippen molar-refractivity contribution in [1.82, 2.24) is 0 Å².